The molecule has 0 aliphatic carbocycles. The van der Waals surface area contributed by atoms with E-state index < -0.39 is 5.97 Å². The number of rotatable bonds is 8. The normalized spacial score (nSPS) is 15.2. The molecule has 1 aromatic rings. The topological polar surface area (TPSA) is 81.0 Å². The molecule has 0 bridgehead atoms. The Morgan fingerprint density at radius 2 is 2.12 bits per heavy atom. The van der Waals surface area contributed by atoms with Crippen molar-refractivity contribution < 1.29 is 23.7 Å². The van der Waals surface area contributed by atoms with Crippen molar-refractivity contribution in [2.75, 3.05) is 53.2 Å². The SMILES string of the molecule is CCOC(=O)C(C#N)=Cc1ccc(OCCN2CCOCC2)c(OC)c1. The Morgan fingerprint density at radius 1 is 1.35 bits per heavy atom. The summed E-state index contributed by atoms with van der Waals surface area (Å²) in [6.07, 6.45) is 1.47. The lowest BCUT2D eigenvalue weighted by atomic mass is 10.1. The molecule has 1 aliphatic heterocycles. The van der Waals surface area contributed by atoms with Gasteiger partial charge in [0.05, 0.1) is 26.9 Å². The highest BCUT2D eigenvalue weighted by atomic mass is 16.5. The van der Waals surface area contributed by atoms with Crippen molar-refractivity contribution in [2.45, 2.75) is 6.92 Å². The van der Waals surface area contributed by atoms with E-state index in [9.17, 15) is 4.79 Å². The fourth-order valence-corrected chi connectivity index (χ4v) is 2.52. The smallest absolute Gasteiger partial charge is 0.348 e. The molecule has 1 heterocycles. The molecule has 7 nitrogen and oxygen atoms in total. The van der Waals surface area contributed by atoms with Crippen molar-refractivity contribution >= 4 is 12.0 Å². The zero-order valence-electron chi connectivity index (χ0n) is 15.2. The molecule has 0 radical (unpaired) electrons. The zero-order chi connectivity index (χ0) is 18.8. The third-order valence-corrected chi connectivity index (χ3v) is 3.88. The van der Waals surface area contributed by atoms with E-state index >= 15 is 0 Å². The highest BCUT2D eigenvalue weighted by molar-refractivity contribution is 5.97. The van der Waals surface area contributed by atoms with E-state index in [1.54, 1.807) is 32.2 Å². The maximum absolute atomic E-state index is 11.7. The maximum atomic E-state index is 11.7. The maximum Gasteiger partial charge on any atom is 0.348 e. The molecule has 2 rings (SSSR count). The number of methoxy groups -OCH3 is 1. The first-order valence-corrected chi connectivity index (χ1v) is 8.57. The quantitative estimate of drug-likeness (QED) is 0.398. The largest absolute Gasteiger partial charge is 0.493 e. The minimum atomic E-state index is -0.639. The van der Waals surface area contributed by atoms with Crippen molar-refractivity contribution in [1.82, 2.24) is 4.90 Å². The van der Waals surface area contributed by atoms with E-state index in [1.807, 2.05) is 6.07 Å². The predicted octanol–water partition coefficient (Wildman–Crippen LogP) is 1.88. The third kappa shape index (κ3) is 5.76. The van der Waals surface area contributed by atoms with Crippen LogP contribution in [0.5, 0.6) is 11.5 Å². The molecule has 7 heteroatoms. The zero-order valence-corrected chi connectivity index (χ0v) is 15.2. The number of nitriles is 1. The molecule has 0 aromatic heterocycles. The first-order chi connectivity index (χ1) is 12.7. The highest BCUT2D eigenvalue weighted by Gasteiger charge is 2.13. The number of hydrogen-bond donors (Lipinski definition) is 0. The van der Waals surface area contributed by atoms with Gasteiger partial charge in [-0.1, -0.05) is 6.07 Å². The standard InChI is InChI=1S/C19H24N2O5/c1-3-25-19(22)16(14-20)12-15-4-5-17(18(13-15)23-2)26-11-8-21-6-9-24-10-7-21/h4-5,12-13H,3,6-11H2,1-2H3. The van der Waals surface area contributed by atoms with Crippen LogP contribution >= 0.6 is 0 Å². The van der Waals surface area contributed by atoms with Gasteiger partial charge in [0, 0.05) is 19.6 Å². The molecule has 1 aromatic carbocycles. The summed E-state index contributed by atoms with van der Waals surface area (Å²) in [7, 11) is 1.55. The Kier molecular flexibility index (Phi) is 7.93. The van der Waals surface area contributed by atoms with Crippen LogP contribution in [0.2, 0.25) is 0 Å². The molecule has 1 saturated heterocycles. The van der Waals surface area contributed by atoms with E-state index in [2.05, 4.69) is 4.90 Å². The van der Waals surface area contributed by atoms with Crippen molar-refractivity contribution in [2.24, 2.45) is 0 Å². The van der Waals surface area contributed by atoms with Crippen LogP contribution in [0.1, 0.15) is 12.5 Å². The van der Waals surface area contributed by atoms with Crippen molar-refractivity contribution in [3.8, 4) is 17.6 Å². The average molecular weight is 360 g/mol. The molecule has 0 unspecified atom stereocenters. The molecule has 1 aliphatic rings. The molecule has 0 atom stereocenters. The fraction of sp³-hybridized carbons (Fsp3) is 0.474. The molecule has 26 heavy (non-hydrogen) atoms. The molecule has 0 N–H and O–H groups in total. The number of ether oxygens (including phenoxy) is 4. The third-order valence-electron chi connectivity index (χ3n) is 3.88. The van der Waals surface area contributed by atoms with E-state index in [-0.39, 0.29) is 12.2 Å². The number of nitrogens with zero attached hydrogens (tertiary/aromatic N) is 2. The van der Waals surface area contributed by atoms with Crippen LogP contribution in [-0.4, -0.2) is 64.0 Å². The molecule has 0 saturated carbocycles. The highest BCUT2D eigenvalue weighted by Crippen LogP contribution is 2.29. The van der Waals surface area contributed by atoms with Gasteiger partial charge in [0.15, 0.2) is 11.5 Å². The molecular weight excluding hydrogens is 336 g/mol. The van der Waals surface area contributed by atoms with Crippen LogP contribution in [0.4, 0.5) is 0 Å². The van der Waals surface area contributed by atoms with Gasteiger partial charge in [-0.3, -0.25) is 4.90 Å². The van der Waals surface area contributed by atoms with Gasteiger partial charge < -0.3 is 18.9 Å². The number of carbonyl (C=O) groups is 1. The second kappa shape index (κ2) is 10.4. The van der Waals surface area contributed by atoms with Gasteiger partial charge in [-0.05, 0) is 30.7 Å². The summed E-state index contributed by atoms with van der Waals surface area (Å²) < 4.78 is 21.4. The molecular formula is C19H24N2O5. The van der Waals surface area contributed by atoms with Crippen molar-refractivity contribution in [1.29, 1.82) is 5.26 Å². The minimum absolute atomic E-state index is 0.0603. The van der Waals surface area contributed by atoms with E-state index in [4.69, 9.17) is 24.2 Å². The summed E-state index contributed by atoms with van der Waals surface area (Å²) in [5, 5.41) is 9.12. The summed E-state index contributed by atoms with van der Waals surface area (Å²) in [4.78, 5) is 14.0. The van der Waals surface area contributed by atoms with Crippen molar-refractivity contribution in [3.05, 3.63) is 29.3 Å². The van der Waals surface area contributed by atoms with Gasteiger partial charge in [-0.15, -0.1) is 0 Å². The summed E-state index contributed by atoms with van der Waals surface area (Å²) >= 11 is 0. The number of hydrogen-bond acceptors (Lipinski definition) is 7. The summed E-state index contributed by atoms with van der Waals surface area (Å²) in [6.45, 7) is 6.60. The van der Waals surface area contributed by atoms with Gasteiger partial charge in [-0.25, -0.2) is 4.79 Å². The van der Waals surface area contributed by atoms with Crippen LogP contribution in [0.25, 0.3) is 6.08 Å². The van der Waals surface area contributed by atoms with Gasteiger partial charge in [0.1, 0.15) is 18.2 Å². The van der Waals surface area contributed by atoms with E-state index in [1.165, 1.54) is 6.08 Å². The Bertz CT molecular complexity index is 675. The van der Waals surface area contributed by atoms with E-state index in [0.717, 1.165) is 32.8 Å². The van der Waals surface area contributed by atoms with Gasteiger partial charge in [-0.2, -0.15) is 5.26 Å². The molecule has 0 spiro atoms. The molecule has 1 fully saturated rings. The molecule has 140 valence electrons. The van der Waals surface area contributed by atoms with Crippen LogP contribution in [0.3, 0.4) is 0 Å². The Morgan fingerprint density at radius 3 is 2.77 bits per heavy atom. The average Bonchev–Trinajstić information content (AvgIpc) is 2.67. The van der Waals surface area contributed by atoms with Crippen LogP contribution in [-0.2, 0) is 14.3 Å². The van der Waals surface area contributed by atoms with Gasteiger partial charge >= 0.3 is 5.97 Å². The summed E-state index contributed by atoms with van der Waals surface area (Å²) in [6, 6.07) is 7.11. The first kappa shape index (κ1) is 19.8. The Hall–Kier alpha value is -2.56. The number of benzene rings is 1. The minimum Gasteiger partial charge on any atom is -0.493 e. The summed E-state index contributed by atoms with van der Waals surface area (Å²) in [5.41, 5.74) is 0.599. The molecule has 0 amide bonds. The van der Waals surface area contributed by atoms with Crippen molar-refractivity contribution in [3.63, 3.8) is 0 Å². The van der Waals surface area contributed by atoms with Crippen LogP contribution < -0.4 is 9.47 Å². The first-order valence-electron chi connectivity index (χ1n) is 8.57. The summed E-state index contributed by atoms with van der Waals surface area (Å²) in [5.74, 6) is 0.522. The van der Waals surface area contributed by atoms with Crippen LogP contribution in [0.15, 0.2) is 23.8 Å². The van der Waals surface area contributed by atoms with E-state index in [0.29, 0.717) is 23.7 Å². The van der Waals surface area contributed by atoms with Crippen LogP contribution in [0, 0.1) is 11.3 Å². The number of morpholine rings is 1. The number of esters is 1. The predicted molar refractivity (Wildman–Crippen MR) is 96.0 cm³/mol. The number of carbonyl (C=O) groups excluding carboxylic acids is 1. The van der Waals surface area contributed by atoms with Gasteiger partial charge in [0.2, 0.25) is 0 Å². The second-order valence-corrected chi connectivity index (χ2v) is 5.60. The Balaban J connectivity index is 2.01. The van der Waals surface area contributed by atoms with Gasteiger partial charge in [0.25, 0.3) is 0 Å². The second-order valence-electron chi connectivity index (χ2n) is 5.60. The lowest BCUT2D eigenvalue weighted by molar-refractivity contribution is -0.137. The lowest BCUT2D eigenvalue weighted by Gasteiger charge is -2.26. The lowest BCUT2D eigenvalue weighted by Crippen LogP contribution is -2.38. The fourth-order valence-electron chi connectivity index (χ4n) is 2.52. The Labute approximate surface area is 153 Å². The monoisotopic (exact) mass is 360 g/mol.